The molecule has 0 fully saturated rings. The molecule has 6 rings (SSSR count). The van der Waals surface area contributed by atoms with Crippen LogP contribution in [0, 0.1) is 13.8 Å². The van der Waals surface area contributed by atoms with E-state index in [9.17, 15) is 14.7 Å². The number of aromatic nitrogens is 5. The van der Waals surface area contributed by atoms with Gasteiger partial charge in [0.25, 0.3) is 11.8 Å². The number of amides is 2. The molecule has 2 aliphatic rings. The lowest BCUT2D eigenvalue weighted by atomic mass is 9.96. The summed E-state index contributed by atoms with van der Waals surface area (Å²) in [4.78, 5) is 45.0. The first-order chi connectivity index (χ1) is 21.5. The Balaban J connectivity index is 1.22. The first-order valence-electron chi connectivity index (χ1n) is 15.4. The molecule has 0 unspecified atom stereocenters. The predicted octanol–water partition coefficient (Wildman–Crippen LogP) is 3.06. The number of rotatable bonds is 7. The van der Waals surface area contributed by atoms with Crippen molar-refractivity contribution in [1.29, 1.82) is 0 Å². The Morgan fingerprint density at radius 1 is 0.844 bits per heavy atom. The molecule has 0 radical (unpaired) electrons. The van der Waals surface area contributed by atoms with Crippen LogP contribution in [0.25, 0.3) is 11.1 Å². The molecular weight excluding hydrogens is 570 g/mol. The fourth-order valence-electron chi connectivity index (χ4n) is 6.52. The van der Waals surface area contributed by atoms with Gasteiger partial charge in [-0.3, -0.25) is 19.5 Å². The number of nitrogens with zero attached hydrogens (tertiary/aromatic N) is 7. The van der Waals surface area contributed by atoms with Crippen LogP contribution < -0.4 is 10.6 Å². The van der Waals surface area contributed by atoms with Gasteiger partial charge in [0.2, 0.25) is 0 Å². The van der Waals surface area contributed by atoms with Crippen LogP contribution in [0.2, 0.25) is 0 Å². The summed E-state index contributed by atoms with van der Waals surface area (Å²) in [7, 11) is 5.83. The molecule has 0 bridgehead atoms. The van der Waals surface area contributed by atoms with E-state index in [0.717, 1.165) is 77.5 Å². The van der Waals surface area contributed by atoms with E-state index in [1.165, 1.54) is 0 Å². The Bertz CT molecular complexity index is 1790. The summed E-state index contributed by atoms with van der Waals surface area (Å²) in [6.45, 7) is 9.34. The fourth-order valence-corrected chi connectivity index (χ4v) is 6.52. The number of hydrogen-bond donors (Lipinski definition) is 3. The van der Waals surface area contributed by atoms with Gasteiger partial charge in [-0.05, 0) is 50.6 Å². The summed E-state index contributed by atoms with van der Waals surface area (Å²) >= 11 is 0. The van der Waals surface area contributed by atoms with Crippen LogP contribution in [0.3, 0.4) is 0 Å². The molecule has 5 heterocycles. The third kappa shape index (κ3) is 5.88. The highest BCUT2D eigenvalue weighted by atomic mass is 16.3. The number of aliphatic hydroxyl groups is 1. The topological polar surface area (TPSA) is 133 Å². The molecule has 1 aromatic carbocycles. The summed E-state index contributed by atoms with van der Waals surface area (Å²) in [5, 5.41) is 15.9. The van der Waals surface area contributed by atoms with Crippen LogP contribution in [0.5, 0.6) is 0 Å². The highest BCUT2D eigenvalue weighted by Gasteiger charge is 2.27. The third-order valence-corrected chi connectivity index (χ3v) is 9.05. The van der Waals surface area contributed by atoms with Crippen molar-refractivity contribution in [2.45, 2.75) is 52.8 Å². The van der Waals surface area contributed by atoms with Crippen molar-refractivity contribution in [2.24, 2.45) is 14.1 Å². The number of β-amino-alcohol motifs (C(OH)–C–C–N with tert-alkyl or cyclic N) is 1. The third-order valence-electron chi connectivity index (χ3n) is 9.05. The van der Waals surface area contributed by atoms with E-state index in [4.69, 9.17) is 0 Å². The van der Waals surface area contributed by atoms with Crippen molar-refractivity contribution < 1.29 is 14.7 Å². The average Bonchev–Trinajstić information content (AvgIpc) is 3.50. The van der Waals surface area contributed by atoms with Gasteiger partial charge in [0.1, 0.15) is 0 Å². The first-order valence-corrected chi connectivity index (χ1v) is 15.4. The highest BCUT2D eigenvalue weighted by molar-refractivity contribution is 6.04. The molecular formula is C33H41N9O3. The summed E-state index contributed by atoms with van der Waals surface area (Å²) in [6, 6.07) is 5.77. The predicted molar refractivity (Wildman–Crippen MR) is 172 cm³/mol. The first kappa shape index (κ1) is 30.6. The molecule has 3 aromatic heterocycles. The van der Waals surface area contributed by atoms with Crippen molar-refractivity contribution >= 4 is 23.2 Å². The standard InChI is InChI=1S/C33H41N9O3/c1-19(43)16-42-13-11-29-27(18-42)36-31(41(29)6)33(45)38-25-15-34-14-23(21(25)3)22-8-7-9-24(20(22)2)37-32(44)30-35-26-17-39(4)12-10-28(26)40(30)5/h7-9,14-15,19,43H,10-13,16-18H2,1-6H3,(H,37,44)(H,38,45)/t19-/m0/s1. The summed E-state index contributed by atoms with van der Waals surface area (Å²) in [6.07, 6.45) is 4.63. The van der Waals surface area contributed by atoms with E-state index >= 15 is 0 Å². The number of benzene rings is 1. The van der Waals surface area contributed by atoms with Gasteiger partial charge >= 0.3 is 0 Å². The number of carbonyl (C=O) groups is 2. The van der Waals surface area contributed by atoms with Crippen LogP contribution in [-0.2, 0) is 40.0 Å². The molecule has 3 N–H and O–H groups in total. The van der Waals surface area contributed by atoms with Crippen molar-refractivity contribution in [1.82, 2.24) is 33.9 Å². The Morgan fingerprint density at radius 2 is 1.44 bits per heavy atom. The minimum absolute atomic E-state index is 0.252. The van der Waals surface area contributed by atoms with Crippen LogP contribution in [0.4, 0.5) is 11.4 Å². The molecule has 0 saturated carbocycles. The summed E-state index contributed by atoms with van der Waals surface area (Å²) in [5.74, 6) is 0.177. The molecule has 12 nitrogen and oxygen atoms in total. The Kier molecular flexibility index (Phi) is 8.29. The van der Waals surface area contributed by atoms with E-state index in [1.54, 1.807) is 19.3 Å². The number of imidazole rings is 2. The highest BCUT2D eigenvalue weighted by Crippen LogP contribution is 2.33. The number of likely N-dealkylation sites (N-methyl/N-ethyl adjacent to an activating group) is 1. The van der Waals surface area contributed by atoms with Crippen LogP contribution in [-0.4, -0.2) is 83.6 Å². The van der Waals surface area contributed by atoms with Crippen LogP contribution >= 0.6 is 0 Å². The zero-order valence-corrected chi connectivity index (χ0v) is 26.8. The quantitative estimate of drug-likeness (QED) is 0.291. The Labute approximate surface area is 263 Å². The van der Waals surface area contributed by atoms with E-state index in [0.29, 0.717) is 36.1 Å². The molecule has 4 aromatic rings. The number of aliphatic hydroxyl groups excluding tert-OH is 1. The monoisotopic (exact) mass is 611 g/mol. The maximum Gasteiger partial charge on any atom is 0.291 e. The van der Waals surface area contributed by atoms with Gasteiger partial charge in [0.15, 0.2) is 11.6 Å². The van der Waals surface area contributed by atoms with Gasteiger partial charge < -0.3 is 29.8 Å². The van der Waals surface area contributed by atoms with E-state index in [1.807, 2.05) is 55.3 Å². The largest absolute Gasteiger partial charge is 0.392 e. The normalized spacial score (nSPS) is 15.8. The number of fused-ring (bicyclic) bond motifs is 2. The molecule has 0 saturated heterocycles. The SMILES string of the molecule is Cc1c(NC(=O)c2nc3c(n2C)CCN(C)C3)cccc1-c1cncc(NC(=O)c2nc3c(n2C)CCN(C[C@H](C)O)C3)c1C. The van der Waals surface area contributed by atoms with Crippen molar-refractivity contribution in [3.8, 4) is 11.1 Å². The molecule has 2 amide bonds. The van der Waals surface area contributed by atoms with Gasteiger partial charge in [-0.15, -0.1) is 0 Å². The van der Waals surface area contributed by atoms with Gasteiger partial charge in [0, 0.05) is 88.5 Å². The van der Waals surface area contributed by atoms with Crippen molar-refractivity contribution in [3.63, 3.8) is 0 Å². The molecule has 45 heavy (non-hydrogen) atoms. The molecule has 236 valence electrons. The average molecular weight is 612 g/mol. The van der Waals surface area contributed by atoms with E-state index in [2.05, 4.69) is 42.4 Å². The fraction of sp³-hybridized carbons (Fsp3) is 0.424. The number of hydrogen-bond acceptors (Lipinski definition) is 8. The second kappa shape index (κ2) is 12.2. The molecule has 2 aliphatic heterocycles. The van der Waals surface area contributed by atoms with Gasteiger partial charge in [-0.1, -0.05) is 12.1 Å². The number of pyridine rings is 1. The summed E-state index contributed by atoms with van der Waals surface area (Å²) < 4.78 is 3.77. The van der Waals surface area contributed by atoms with Gasteiger partial charge in [0.05, 0.1) is 29.4 Å². The zero-order valence-electron chi connectivity index (χ0n) is 26.8. The van der Waals surface area contributed by atoms with Crippen LogP contribution in [0.15, 0.2) is 30.6 Å². The second-order valence-corrected chi connectivity index (χ2v) is 12.3. The molecule has 0 spiro atoms. The number of carbonyl (C=O) groups excluding carboxylic acids is 2. The van der Waals surface area contributed by atoms with Crippen molar-refractivity contribution in [2.75, 3.05) is 37.3 Å². The Morgan fingerprint density at radius 3 is 2.11 bits per heavy atom. The minimum atomic E-state index is -0.421. The van der Waals surface area contributed by atoms with E-state index < -0.39 is 6.10 Å². The maximum atomic E-state index is 13.5. The Hall–Kier alpha value is -4.39. The second-order valence-electron chi connectivity index (χ2n) is 12.3. The van der Waals surface area contributed by atoms with Gasteiger partial charge in [-0.25, -0.2) is 9.97 Å². The lowest BCUT2D eigenvalue weighted by Crippen LogP contribution is -2.36. The molecule has 12 heteroatoms. The van der Waals surface area contributed by atoms with E-state index in [-0.39, 0.29) is 11.8 Å². The molecule has 0 aliphatic carbocycles. The lowest BCUT2D eigenvalue weighted by Gasteiger charge is -2.27. The number of nitrogens with one attached hydrogen (secondary N) is 2. The zero-order chi connectivity index (χ0) is 32.0. The smallest absolute Gasteiger partial charge is 0.291 e. The number of anilines is 2. The van der Waals surface area contributed by atoms with Crippen LogP contribution in [0.1, 0.15) is 62.1 Å². The molecule has 1 atom stereocenters. The maximum absolute atomic E-state index is 13.5. The minimum Gasteiger partial charge on any atom is -0.392 e. The summed E-state index contributed by atoms with van der Waals surface area (Å²) in [5.41, 5.74) is 8.73. The van der Waals surface area contributed by atoms with Gasteiger partial charge in [-0.2, -0.15) is 0 Å². The van der Waals surface area contributed by atoms with Crippen molar-refractivity contribution in [3.05, 3.63) is 76.1 Å². The lowest BCUT2D eigenvalue weighted by molar-refractivity contribution is 0.100.